The Kier molecular flexibility index (Phi) is 3.09. The fraction of sp³-hybridized carbons (Fsp3) is 0.455. The highest BCUT2D eigenvalue weighted by atomic mass is 32.2. The van der Waals surface area contributed by atoms with Crippen LogP contribution in [0.25, 0.3) is 0 Å². The fourth-order valence-corrected chi connectivity index (χ4v) is 2.53. The first kappa shape index (κ1) is 12.3. The van der Waals surface area contributed by atoms with Gasteiger partial charge in [0.1, 0.15) is 10.7 Å². The molecule has 0 saturated heterocycles. The summed E-state index contributed by atoms with van der Waals surface area (Å²) in [5, 5.41) is 3.10. The van der Waals surface area contributed by atoms with Crippen LogP contribution < -0.4 is 5.32 Å². The molecule has 0 spiro atoms. The first-order valence-electron chi connectivity index (χ1n) is 5.40. The Morgan fingerprint density at radius 1 is 1.35 bits per heavy atom. The summed E-state index contributed by atoms with van der Waals surface area (Å²) in [7, 11) is -0.754. The summed E-state index contributed by atoms with van der Waals surface area (Å²) in [6, 6.07) is 4.11. The summed E-state index contributed by atoms with van der Waals surface area (Å²) in [4.78, 5) is -0.00519. The quantitative estimate of drug-likeness (QED) is 0.893. The Morgan fingerprint density at radius 3 is 2.53 bits per heavy atom. The minimum absolute atomic E-state index is 0.00519. The number of anilines is 1. The van der Waals surface area contributed by atoms with Gasteiger partial charge in [0, 0.05) is 20.1 Å². The lowest BCUT2D eigenvalue weighted by atomic mass is 10.3. The van der Waals surface area contributed by atoms with Crippen LogP contribution in [0.15, 0.2) is 23.1 Å². The van der Waals surface area contributed by atoms with Gasteiger partial charge in [-0.15, -0.1) is 0 Å². The molecule has 0 aliphatic heterocycles. The number of hydrogen-bond donors (Lipinski definition) is 1. The molecule has 1 N–H and O–H groups in total. The third-order valence-electron chi connectivity index (χ3n) is 2.64. The van der Waals surface area contributed by atoms with E-state index in [2.05, 4.69) is 5.32 Å². The molecule has 1 aliphatic rings. The molecule has 0 bridgehead atoms. The molecule has 4 nitrogen and oxygen atoms in total. The molecule has 17 heavy (non-hydrogen) atoms. The number of nitrogens with one attached hydrogen (secondary N) is 1. The topological polar surface area (TPSA) is 49.4 Å². The summed E-state index contributed by atoms with van der Waals surface area (Å²) in [5.41, 5.74) is 0.475. The maximum Gasteiger partial charge on any atom is 0.244 e. The van der Waals surface area contributed by atoms with E-state index < -0.39 is 15.8 Å². The van der Waals surface area contributed by atoms with Crippen molar-refractivity contribution in [3.8, 4) is 0 Å². The van der Waals surface area contributed by atoms with Gasteiger partial charge in [-0.3, -0.25) is 0 Å². The summed E-state index contributed by atoms with van der Waals surface area (Å²) in [5.74, 6) is -0.549. The minimum Gasteiger partial charge on any atom is -0.381 e. The van der Waals surface area contributed by atoms with Crippen LogP contribution in [0.1, 0.15) is 12.8 Å². The lowest BCUT2D eigenvalue weighted by molar-refractivity contribution is 0.519. The molecular weight excluding hydrogens is 243 g/mol. The van der Waals surface area contributed by atoms with E-state index in [0.29, 0.717) is 11.7 Å². The average molecular weight is 258 g/mol. The minimum atomic E-state index is -3.62. The maximum atomic E-state index is 13.2. The zero-order valence-electron chi connectivity index (χ0n) is 9.77. The van der Waals surface area contributed by atoms with Crippen LogP contribution >= 0.6 is 0 Å². The van der Waals surface area contributed by atoms with Crippen molar-refractivity contribution in [2.75, 3.05) is 19.4 Å². The van der Waals surface area contributed by atoms with Gasteiger partial charge in [-0.1, -0.05) is 0 Å². The Labute approximate surface area is 100 Å². The van der Waals surface area contributed by atoms with Gasteiger partial charge in [0.25, 0.3) is 0 Å². The normalized spacial score (nSPS) is 16.2. The molecule has 0 heterocycles. The second-order valence-electron chi connectivity index (χ2n) is 4.35. The number of nitrogens with zero attached hydrogens (tertiary/aromatic N) is 1. The Hall–Kier alpha value is -1.14. The molecule has 0 aromatic heterocycles. The molecule has 0 atom stereocenters. The number of hydrogen-bond acceptors (Lipinski definition) is 3. The Bertz CT molecular complexity index is 524. The molecule has 1 aromatic rings. The van der Waals surface area contributed by atoms with Gasteiger partial charge in [0.2, 0.25) is 10.0 Å². The van der Waals surface area contributed by atoms with Gasteiger partial charge in [-0.05, 0) is 31.0 Å². The summed E-state index contributed by atoms with van der Waals surface area (Å²) in [6.07, 6.45) is 2.05. The molecule has 1 saturated carbocycles. The van der Waals surface area contributed by atoms with Gasteiger partial charge in [-0.25, -0.2) is 17.1 Å². The van der Waals surface area contributed by atoms with Crippen LogP contribution in [0.5, 0.6) is 0 Å². The number of benzene rings is 1. The first-order chi connectivity index (χ1) is 7.91. The Balaban J connectivity index is 2.45. The van der Waals surface area contributed by atoms with E-state index in [9.17, 15) is 12.8 Å². The van der Waals surface area contributed by atoms with Crippen molar-refractivity contribution in [2.24, 2.45) is 0 Å². The van der Waals surface area contributed by atoms with Crippen molar-refractivity contribution in [2.45, 2.75) is 23.8 Å². The monoisotopic (exact) mass is 258 g/mol. The molecule has 6 heteroatoms. The third kappa shape index (κ3) is 2.58. The van der Waals surface area contributed by atoms with E-state index in [4.69, 9.17) is 0 Å². The van der Waals surface area contributed by atoms with Crippen molar-refractivity contribution in [1.82, 2.24) is 4.31 Å². The van der Waals surface area contributed by atoms with E-state index in [1.807, 2.05) is 0 Å². The average Bonchev–Trinajstić information content (AvgIpc) is 3.04. The lowest BCUT2D eigenvalue weighted by Crippen LogP contribution is -2.23. The summed E-state index contributed by atoms with van der Waals surface area (Å²) >= 11 is 0. The van der Waals surface area contributed by atoms with Gasteiger partial charge in [0.05, 0.1) is 5.69 Å². The number of rotatable bonds is 4. The van der Waals surface area contributed by atoms with Crippen LogP contribution in [0.2, 0.25) is 0 Å². The zero-order chi connectivity index (χ0) is 12.6. The molecule has 94 valence electrons. The molecule has 2 rings (SSSR count). The Morgan fingerprint density at radius 2 is 2.00 bits per heavy atom. The van der Waals surface area contributed by atoms with Gasteiger partial charge >= 0.3 is 0 Å². The van der Waals surface area contributed by atoms with Gasteiger partial charge in [0.15, 0.2) is 0 Å². The predicted molar refractivity (Wildman–Crippen MR) is 63.9 cm³/mol. The SMILES string of the molecule is CN(C)S(=O)(=O)c1cc(F)ccc1NC1CC1. The number of sulfonamides is 1. The summed E-state index contributed by atoms with van der Waals surface area (Å²) in [6.45, 7) is 0. The van der Waals surface area contributed by atoms with Crippen molar-refractivity contribution in [3.63, 3.8) is 0 Å². The van der Waals surface area contributed by atoms with Crippen molar-refractivity contribution >= 4 is 15.7 Å². The third-order valence-corrected chi connectivity index (χ3v) is 4.49. The van der Waals surface area contributed by atoms with Crippen molar-refractivity contribution in [1.29, 1.82) is 0 Å². The van der Waals surface area contributed by atoms with Crippen LogP contribution in [-0.2, 0) is 10.0 Å². The molecular formula is C11H15FN2O2S. The zero-order valence-corrected chi connectivity index (χ0v) is 10.6. The highest BCUT2D eigenvalue weighted by Crippen LogP contribution is 2.30. The smallest absolute Gasteiger partial charge is 0.244 e. The van der Waals surface area contributed by atoms with Crippen molar-refractivity contribution in [3.05, 3.63) is 24.0 Å². The van der Waals surface area contributed by atoms with Gasteiger partial charge in [-0.2, -0.15) is 0 Å². The molecule has 0 radical (unpaired) electrons. The molecule has 1 aromatic carbocycles. The first-order valence-corrected chi connectivity index (χ1v) is 6.84. The van der Waals surface area contributed by atoms with E-state index in [1.54, 1.807) is 0 Å². The lowest BCUT2D eigenvalue weighted by Gasteiger charge is -2.16. The standard InChI is InChI=1S/C11H15FN2O2S/c1-14(2)17(15,16)11-7-8(12)3-6-10(11)13-9-4-5-9/h3,6-7,9,13H,4-5H2,1-2H3. The van der Waals surface area contributed by atoms with Crippen molar-refractivity contribution < 1.29 is 12.8 Å². The maximum absolute atomic E-state index is 13.2. The van der Waals surface area contributed by atoms with Crippen LogP contribution in [-0.4, -0.2) is 32.9 Å². The van der Waals surface area contributed by atoms with E-state index in [-0.39, 0.29) is 4.90 Å². The predicted octanol–water partition coefficient (Wildman–Crippen LogP) is 1.65. The molecule has 0 amide bonds. The van der Waals surface area contributed by atoms with Crippen LogP contribution in [0, 0.1) is 5.82 Å². The molecule has 0 unspecified atom stereocenters. The second kappa shape index (κ2) is 4.27. The molecule has 1 fully saturated rings. The van der Waals surface area contributed by atoms with Crippen LogP contribution in [0.4, 0.5) is 10.1 Å². The van der Waals surface area contributed by atoms with Crippen LogP contribution in [0.3, 0.4) is 0 Å². The van der Waals surface area contributed by atoms with E-state index in [0.717, 1.165) is 23.2 Å². The summed E-state index contributed by atoms with van der Waals surface area (Å²) < 4.78 is 38.3. The van der Waals surface area contributed by atoms with E-state index >= 15 is 0 Å². The second-order valence-corrected chi connectivity index (χ2v) is 6.47. The largest absolute Gasteiger partial charge is 0.381 e. The molecule has 1 aliphatic carbocycles. The van der Waals surface area contributed by atoms with Gasteiger partial charge < -0.3 is 5.32 Å². The fourth-order valence-electron chi connectivity index (χ4n) is 1.47. The number of halogens is 1. The highest BCUT2D eigenvalue weighted by Gasteiger charge is 2.26. The highest BCUT2D eigenvalue weighted by molar-refractivity contribution is 7.89. The van der Waals surface area contributed by atoms with E-state index in [1.165, 1.54) is 26.2 Å².